The van der Waals surface area contributed by atoms with Crippen molar-refractivity contribution in [1.29, 1.82) is 0 Å². The molecule has 3 heterocycles. The van der Waals surface area contributed by atoms with Crippen LogP contribution < -0.4 is 5.32 Å². The molecule has 0 aliphatic carbocycles. The molecule has 3 rings (SSSR count). The van der Waals surface area contributed by atoms with Gasteiger partial charge in [0.2, 0.25) is 0 Å². The van der Waals surface area contributed by atoms with Crippen LogP contribution in [0.25, 0.3) is 0 Å². The average Bonchev–Trinajstić information content (AvgIpc) is 3.10. The molecular weight excluding hydrogens is 282 g/mol. The summed E-state index contributed by atoms with van der Waals surface area (Å²) in [5.74, 6) is 0.0386. The number of carbonyl (C=O) groups excluding carboxylic acids is 2. The Bertz CT molecular complexity index is 558. The third-order valence-electron chi connectivity index (χ3n) is 4.95. The zero-order chi connectivity index (χ0) is 15.7. The number of piperidine rings is 1. The largest absolute Gasteiger partial charge is 0.324 e. The van der Waals surface area contributed by atoms with Crippen LogP contribution in [0.1, 0.15) is 19.8 Å². The molecule has 1 aromatic heterocycles. The normalized spacial score (nSPS) is 29.9. The Morgan fingerprint density at radius 2 is 2.23 bits per heavy atom. The standard InChI is InChI=1S/C15H23N5O2/c1-15(13(21)18(2)14(22)17-15)12-5-3-7-19(11-12)9-10-20-8-4-6-16-20/h4,6,8,12H,3,5,7,9-11H2,1-2H3,(H,17,22). The SMILES string of the molecule is CN1C(=O)NC(C)(C2CCCN(CCn3cccn3)C2)C1=O. The molecule has 0 bridgehead atoms. The first kappa shape index (κ1) is 15.0. The maximum absolute atomic E-state index is 12.4. The average molecular weight is 305 g/mol. The van der Waals surface area contributed by atoms with Crippen molar-refractivity contribution in [3.05, 3.63) is 18.5 Å². The maximum Gasteiger partial charge on any atom is 0.324 e. The number of nitrogens with one attached hydrogen (secondary N) is 1. The number of aromatic nitrogens is 2. The number of amides is 3. The quantitative estimate of drug-likeness (QED) is 0.824. The molecule has 120 valence electrons. The fourth-order valence-corrected chi connectivity index (χ4v) is 3.48. The van der Waals surface area contributed by atoms with Crippen LogP contribution in [-0.4, -0.2) is 63.7 Å². The molecule has 3 amide bonds. The van der Waals surface area contributed by atoms with Crippen molar-refractivity contribution < 1.29 is 9.59 Å². The number of rotatable bonds is 4. The van der Waals surface area contributed by atoms with E-state index in [9.17, 15) is 9.59 Å². The number of hydrogen-bond donors (Lipinski definition) is 1. The van der Waals surface area contributed by atoms with Crippen LogP contribution in [0.3, 0.4) is 0 Å². The van der Waals surface area contributed by atoms with Gasteiger partial charge in [-0.2, -0.15) is 5.10 Å². The molecule has 2 fully saturated rings. The summed E-state index contributed by atoms with van der Waals surface area (Å²) >= 11 is 0. The predicted octanol–water partition coefficient (Wildman–Crippen LogP) is 0.535. The van der Waals surface area contributed by atoms with Crippen molar-refractivity contribution in [1.82, 2.24) is 24.9 Å². The van der Waals surface area contributed by atoms with Gasteiger partial charge in [0.15, 0.2) is 0 Å². The Labute approximate surface area is 130 Å². The minimum absolute atomic E-state index is 0.114. The van der Waals surface area contributed by atoms with E-state index in [4.69, 9.17) is 0 Å². The number of carbonyl (C=O) groups is 2. The fourth-order valence-electron chi connectivity index (χ4n) is 3.48. The topological polar surface area (TPSA) is 70.5 Å². The van der Waals surface area contributed by atoms with E-state index in [0.29, 0.717) is 0 Å². The predicted molar refractivity (Wildman–Crippen MR) is 81.1 cm³/mol. The van der Waals surface area contributed by atoms with Crippen LogP contribution in [0.5, 0.6) is 0 Å². The molecule has 0 radical (unpaired) electrons. The molecule has 1 N–H and O–H groups in total. The zero-order valence-corrected chi connectivity index (χ0v) is 13.2. The van der Waals surface area contributed by atoms with Crippen LogP contribution in [0, 0.1) is 5.92 Å². The molecule has 0 spiro atoms. The first-order valence-corrected chi connectivity index (χ1v) is 7.81. The van der Waals surface area contributed by atoms with E-state index in [1.54, 1.807) is 13.2 Å². The Morgan fingerprint density at radius 3 is 2.86 bits per heavy atom. The summed E-state index contributed by atoms with van der Waals surface area (Å²) in [6.07, 6.45) is 5.75. The molecule has 2 aliphatic heterocycles. The van der Waals surface area contributed by atoms with Crippen molar-refractivity contribution in [3.63, 3.8) is 0 Å². The van der Waals surface area contributed by atoms with Gasteiger partial charge in [0.1, 0.15) is 5.54 Å². The number of hydrogen-bond acceptors (Lipinski definition) is 4. The molecule has 1 aromatic rings. The summed E-state index contributed by atoms with van der Waals surface area (Å²) in [5.41, 5.74) is -0.768. The van der Waals surface area contributed by atoms with Gasteiger partial charge in [0.05, 0.1) is 6.54 Å². The van der Waals surface area contributed by atoms with E-state index < -0.39 is 5.54 Å². The zero-order valence-electron chi connectivity index (χ0n) is 13.2. The lowest BCUT2D eigenvalue weighted by molar-refractivity contribution is -0.132. The fraction of sp³-hybridized carbons (Fsp3) is 0.667. The minimum Gasteiger partial charge on any atom is -0.323 e. The highest BCUT2D eigenvalue weighted by molar-refractivity contribution is 6.06. The van der Waals surface area contributed by atoms with Gasteiger partial charge < -0.3 is 10.2 Å². The van der Waals surface area contributed by atoms with Crippen LogP contribution in [0.15, 0.2) is 18.5 Å². The van der Waals surface area contributed by atoms with Crippen molar-refractivity contribution in [3.8, 4) is 0 Å². The second-order valence-corrected chi connectivity index (χ2v) is 6.41. The monoisotopic (exact) mass is 305 g/mol. The van der Waals surface area contributed by atoms with Crippen LogP contribution in [-0.2, 0) is 11.3 Å². The lowest BCUT2D eigenvalue weighted by Crippen LogP contribution is -2.56. The number of likely N-dealkylation sites (tertiary alicyclic amines) is 1. The molecule has 0 aromatic carbocycles. The molecule has 7 nitrogen and oxygen atoms in total. The first-order chi connectivity index (χ1) is 10.5. The summed E-state index contributed by atoms with van der Waals surface area (Å²) in [6, 6.07) is 1.63. The van der Waals surface area contributed by atoms with E-state index in [1.807, 2.05) is 23.9 Å². The van der Waals surface area contributed by atoms with Gasteiger partial charge in [-0.1, -0.05) is 0 Å². The third-order valence-corrected chi connectivity index (χ3v) is 4.95. The Kier molecular flexibility index (Phi) is 3.90. The van der Waals surface area contributed by atoms with E-state index in [0.717, 1.165) is 39.0 Å². The third kappa shape index (κ3) is 2.61. The van der Waals surface area contributed by atoms with Gasteiger partial charge in [-0.05, 0) is 32.4 Å². The molecular formula is C15H23N5O2. The van der Waals surface area contributed by atoms with Crippen LogP contribution in [0.4, 0.5) is 4.79 Å². The smallest absolute Gasteiger partial charge is 0.323 e. The molecule has 0 saturated carbocycles. The lowest BCUT2D eigenvalue weighted by Gasteiger charge is -2.39. The highest BCUT2D eigenvalue weighted by Gasteiger charge is 2.51. The molecule has 2 unspecified atom stereocenters. The van der Waals surface area contributed by atoms with Crippen molar-refractivity contribution in [2.24, 2.45) is 5.92 Å². The minimum atomic E-state index is -0.768. The maximum atomic E-state index is 12.4. The molecule has 2 aliphatic rings. The summed E-state index contributed by atoms with van der Waals surface area (Å²) in [5, 5.41) is 7.10. The summed E-state index contributed by atoms with van der Waals surface area (Å²) in [4.78, 5) is 27.7. The van der Waals surface area contributed by atoms with Crippen molar-refractivity contribution in [2.45, 2.75) is 31.8 Å². The second-order valence-electron chi connectivity index (χ2n) is 6.41. The number of urea groups is 1. The highest BCUT2D eigenvalue weighted by Crippen LogP contribution is 2.31. The molecule has 7 heteroatoms. The van der Waals surface area contributed by atoms with E-state index in [1.165, 1.54) is 4.90 Å². The molecule has 22 heavy (non-hydrogen) atoms. The Morgan fingerprint density at radius 1 is 1.41 bits per heavy atom. The Balaban J connectivity index is 1.63. The number of likely N-dealkylation sites (N-methyl/N-ethyl adjacent to an activating group) is 1. The number of imide groups is 1. The van der Waals surface area contributed by atoms with Gasteiger partial charge in [0.25, 0.3) is 5.91 Å². The summed E-state index contributed by atoms with van der Waals surface area (Å²) in [6.45, 7) is 5.48. The van der Waals surface area contributed by atoms with Gasteiger partial charge in [0, 0.05) is 38.4 Å². The van der Waals surface area contributed by atoms with Crippen LogP contribution in [0.2, 0.25) is 0 Å². The molecule has 2 atom stereocenters. The Hall–Kier alpha value is -1.89. The van der Waals surface area contributed by atoms with Crippen molar-refractivity contribution >= 4 is 11.9 Å². The van der Waals surface area contributed by atoms with Crippen LogP contribution >= 0.6 is 0 Å². The van der Waals surface area contributed by atoms with Gasteiger partial charge in [-0.3, -0.25) is 14.4 Å². The molecule has 2 saturated heterocycles. The van der Waals surface area contributed by atoms with E-state index >= 15 is 0 Å². The van der Waals surface area contributed by atoms with E-state index in [-0.39, 0.29) is 17.9 Å². The summed E-state index contributed by atoms with van der Waals surface area (Å²) in [7, 11) is 1.54. The lowest BCUT2D eigenvalue weighted by atomic mass is 9.80. The van der Waals surface area contributed by atoms with Gasteiger partial charge in [-0.25, -0.2) is 4.79 Å². The number of nitrogens with zero attached hydrogens (tertiary/aromatic N) is 4. The summed E-state index contributed by atoms with van der Waals surface area (Å²) < 4.78 is 1.92. The van der Waals surface area contributed by atoms with Gasteiger partial charge in [-0.15, -0.1) is 0 Å². The first-order valence-electron chi connectivity index (χ1n) is 7.81. The second kappa shape index (κ2) is 5.72. The highest BCUT2D eigenvalue weighted by atomic mass is 16.2. The van der Waals surface area contributed by atoms with E-state index in [2.05, 4.69) is 15.3 Å². The van der Waals surface area contributed by atoms with Gasteiger partial charge >= 0.3 is 6.03 Å². The van der Waals surface area contributed by atoms with Crippen molar-refractivity contribution in [2.75, 3.05) is 26.7 Å².